The summed E-state index contributed by atoms with van der Waals surface area (Å²) in [5, 5.41) is 3.95. The van der Waals surface area contributed by atoms with Crippen LogP contribution in [0.2, 0.25) is 0 Å². The SMILES string of the molecule is NC(CN1CCCC1)c1noc(-c2ccc(F)cc2Br)n1. The molecule has 1 fully saturated rings. The predicted molar refractivity (Wildman–Crippen MR) is 80.0 cm³/mol. The Hall–Kier alpha value is -1.31. The van der Waals surface area contributed by atoms with Crippen LogP contribution in [0.4, 0.5) is 4.39 Å². The van der Waals surface area contributed by atoms with E-state index in [9.17, 15) is 4.39 Å². The van der Waals surface area contributed by atoms with E-state index in [-0.39, 0.29) is 11.9 Å². The lowest BCUT2D eigenvalue weighted by Crippen LogP contribution is -2.30. The number of nitrogens with zero attached hydrogens (tertiary/aromatic N) is 3. The summed E-state index contributed by atoms with van der Waals surface area (Å²) in [4.78, 5) is 6.63. The van der Waals surface area contributed by atoms with Crippen molar-refractivity contribution in [3.05, 3.63) is 34.3 Å². The molecular weight excluding hydrogens is 339 g/mol. The second-order valence-electron chi connectivity index (χ2n) is 5.20. The van der Waals surface area contributed by atoms with Crippen LogP contribution in [0.15, 0.2) is 27.2 Å². The summed E-state index contributed by atoms with van der Waals surface area (Å²) in [6.07, 6.45) is 2.43. The summed E-state index contributed by atoms with van der Waals surface area (Å²) in [6.45, 7) is 2.87. The lowest BCUT2D eigenvalue weighted by Gasteiger charge is -2.17. The van der Waals surface area contributed by atoms with Crippen molar-refractivity contribution in [1.82, 2.24) is 15.0 Å². The Bertz CT molecular complexity index is 627. The molecule has 0 amide bonds. The first kappa shape index (κ1) is 14.6. The molecule has 0 spiro atoms. The first-order valence-corrected chi connectivity index (χ1v) is 7.70. The number of hydrogen-bond acceptors (Lipinski definition) is 5. The molecule has 3 rings (SSSR count). The lowest BCUT2D eigenvalue weighted by molar-refractivity contribution is 0.306. The van der Waals surface area contributed by atoms with Gasteiger partial charge in [0.15, 0.2) is 5.82 Å². The van der Waals surface area contributed by atoms with E-state index in [2.05, 4.69) is 31.0 Å². The minimum absolute atomic E-state index is 0.278. The van der Waals surface area contributed by atoms with E-state index < -0.39 is 0 Å². The zero-order valence-corrected chi connectivity index (χ0v) is 13.0. The summed E-state index contributed by atoms with van der Waals surface area (Å²) >= 11 is 3.29. The van der Waals surface area contributed by atoms with Gasteiger partial charge in [0, 0.05) is 11.0 Å². The van der Waals surface area contributed by atoms with Gasteiger partial charge in [-0.05, 0) is 60.1 Å². The van der Waals surface area contributed by atoms with Gasteiger partial charge >= 0.3 is 0 Å². The maximum Gasteiger partial charge on any atom is 0.259 e. The van der Waals surface area contributed by atoms with Crippen molar-refractivity contribution in [2.45, 2.75) is 18.9 Å². The first-order valence-electron chi connectivity index (χ1n) is 6.90. The van der Waals surface area contributed by atoms with Crippen LogP contribution in [-0.4, -0.2) is 34.7 Å². The third kappa shape index (κ3) is 3.30. The topological polar surface area (TPSA) is 68.2 Å². The Morgan fingerprint density at radius 1 is 1.38 bits per heavy atom. The highest BCUT2D eigenvalue weighted by Gasteiger charge is 2.21. The van der Waals surface area contributed by atoms with Gasteiger partial charge < -0.3 is 15.2 Å². The van der Waals surface area contributed by atoms with Crippen LogP contribution in [0.5, 0.6) is 0 Å². The van der Waals surface area contributed by atoms with Gasteiger partial charge in [-0.3, -0.25) is 0 Å². The molecule has 2 aromatic rings. The molecule has 1 aromatic heterocycles. The molecule has 0 saturated carbocycles. The second kappa shape index (κ2) is 6.21. The van der Waals surface area contributed by atoms with Crippen molar-refractivity contribution in [2.24, 2.45) is 5.73 Å². The molecule has 0 aliphatic carbocycles. The number of benzene rings is 1. The molecule has 1 saturated heterocycles. The fraction of sp³-hybridized carbons (Fsp3) is 0.429. The van der Waals surface area contributed by atoms with Crippen LogP contribution in [0.3, 0.4) is 0 Å². The third-order valence-electron chi connectivity index (χ3n) is 3.59. The summed E-state index contributed by atoms with van der Waals surface area (Å²) in [7, 11) is 0. The lowest BCUT2D eigenvalue weighted by atomic mass is 10.2. The Kier molecular flexibility index (Phi) is 4.32. The number of aromatic nitrogens is 2. The van der Waals surface area contributed by atoms with Crippen molar-refractivity contribution < 1.29 is 8.91 Å². The van der Waals surface area contributed by atoms with Crippen molar-refractivity contribution in [3.63, 3.8) is 0 Å². The molecule has 1 aliphatic heterocycles. The standard InChI is InChI=1S/C14H16BrFN4O/c15-11-7-9(16)3-4-10(11)14-18-13(19-21-14)12(17)8-20-5-1-2-6-20/h3-4,7,12H,1-2,5-6,8,17H2. The summed E-state index contributed by atoms with van der Waals surface area (Å²) in [6, 6.07) is 4.04. The predicted octanol–water partition coefficient (Wildman–Crippen LogP) is 2.73. The van der Waals surface area contributed by atoms with Gasteiger partial charge in [0.2, 0.25) is 0 Å². The first-order chi connectivity index (χ1) is 10.1. The average molecular weight is 355 g/mol. The maximum absolute atomic E-state index is 13.1. The molecular formula is C14H16BrFN4O. The van der Waals surface area contributed by atoms with Crippen LogP contribution in [-0.2, 0) is 0 Å². The van der Waals surface area contributed by atoms with Crippen molar-refractivity contribution in [3.8, 4) is 11.5 Å². The zero-order chi connectivity index (χ0) is 14.8. The highest BCUT2D eigenvalue weighted by atomic mass is 79.9. The molecule has 1 aromatic carbocycles. The van der Waals surface area contributed by atoms with Gasteiger partial charge in [-0.2, -0.15) is 4.98 Å². The van der Waals surface area contributed by atoms with E-state index in [1.54, 1.807) is 6.07 Å². The van der Waals surface area contributed by atoms with Crippen LogP contribution >= 0.6 is 15.9 Å². The molecule has 21 heavy (non-hydrogen) atoms. The van der Waals surface area contributed by atoms with E-state index in [0.717, 1.165) is 19.6 Å². The van der Waals surface area contributed by atoms with Crippen LogP contribution in [0.1, 0.15) is 24.7 Å². The normalized spacial score (nSPS) is 17.3. The highest BCUT2D eigenvalue weighted by molar-refractivity contribution is 9.10. The molecule has 1 atom stereocenters. The minimum Gasteiger partial charge on any atom is -0.334 e. The van der Waals surface area contributed by atoms with Gasteiger partial charge in [-0.15, -0.1) is 0 Å². The molecule has 2 heterocycles. The van der Waals surface area contributed by atoms with Gasteiger partial charge in [-0.25, -0.2) is 4.39 Å². The van der Waals surface area contributed by atoms with Gasteiger partial charge in [-0.1, -0.05) is 5.16 Å². The number of nitrogens with two attached hydrogens (primary N) is 1. The summed E-state index contributed by atoms with van der Waals surface area (Å²) in [5.41, 5.74) is 6.79. The monoisotopic (exact) mass is 354 g/mol. The van der Waals surface area contributed by atoms with E-state index in [4.69, 9.17) is 10.3 Å². The van der Waals surface area contributed by atoms with Crippen LogP contribution in [0.25, 0.3) is 11.5 Å². The van der Waals surface area contributed by atoms with Crippen LogP contribution in [0, 0.1) is 5.82 Å². The largest absolute Gasteiger partial charge is 0.334 e. The minimum atomic E-state index is -0.323. The molecule has 1 aliphatic rings. The van der Waals surface area contributed by atoms with E-state index >= 15 is 0 Å². The van der Waals surface area contributed by atoms with Gasteiger partial charge in [0.05, 0.1) is 11.6 Å². The van der Waals surface area contributed by atoms with Crippen LogP contribution < -0.4 is 5.73 Å². The van der Waals surface area contributed by atoms with Crippen molar-refractivity contribution in [1.29, 1.82) is 0 Å². The van der Waals surface area contributed by atoms with Crippen molar-refractivity contribution >= 4 is 15.9 Å². The summed E-state index contributed by atoms with van der Waals surface area (Å²) in [5.74, 6) is 0.498. The molecule has 5 nitrogen and oxygen atoms in total. The Balaban J connectivity index is 1.76. The van der Waals surface area contributed by atoms with Gasteiger partial charge in [0.1, 0.15) is 5.82 Å². The average Bonchev–Trinajstić information content (AvgIpc) is 3.09. The Morgan fingerprint density at radius 3 is 2.86 bits per heavy atom. The van der Waals surface area contributed by atoms with E-state index in [0.29, 0.717) is 21.8 Å². The Morgan fingerprint density at radius 2 is 2.14 bits per heavy atom. The number of hydrogen-bond donors (Lipinski definition) is 1. The molecule has 112 valence electrons. The molecule has 7 heteroatoms. The summed E-state index contributed by atoms with van der Waals surface area (Å²) < 4.78 is 18.9. The number of rotatable bonds is 4. The quantitative estimate of drug-likeness (QED) is 0.914. The third-order valence-corrected chi connectivity index (χ3v) is 4.24. The maximum atomic E-state index is 13.1. The fourth-order valence-electron chi connectivity index (χ4n) is 2.48. The molecule has 1 unspecified atom stereocenters. The van der Waals surface area contributed by atoms with E-state index in [1.165, 1.54) is 25.0 Å². The van der Waals surface area contributed by atoms with E-state index in [1.807, 2.05) is 0 Å². The second-order valence-corrected chi connectivity index (χ2v) is 6.05. The number of halogens is 2. The molecule has 2 N–H and O–H groups in total. The smallest absolute Gasteiger partial charge is 0.259 e. The van der Waals surface area contributed by atoms with Gasteiger partial charge in [0.25, 0.3) is 5.89 Å². The molecule has 0 bridgehead atoms. The Labute approximate surface area is 130 Å². The molecule has 0 radical (unpaired) electrons. The highest BCUT2D eigenvalue weighted by Crippen LogP contribution is 2.28. The number of likely N-dealkylation sites (tertiary alicyclic amines) is 1. The fourth-order valence-corrected chi connectivity index (χ4v) is 3.00. The zero-order valence-electron chi connectivity index (χ0n) is 11.4. The van der Waals surface area contributed by atoms with Crippen molar-refractivity contribution in [2.75, 3.05) is 19.6 Å².